The molecule has 1 fully saturated rings. The second-order valence-corrected chi connectivity index (χ2v) is 8.64. The second-order valence-electron chi connectivity index (χ2n) is 8.64. The number of benzene rings is 3. The monoisotopic (exact) mass is 489 g/mol. The lowest BCUT2D eigenvalue weighted by Gasteiger charge is -2.25. The van der Waals surface area contributed by atoms with Gasteiger partial charge < -0.3 is 19.5 Å². The van der Waals surface area contributed by atoms with Crippen molar-refractivity contribution in [3.63, 3.8) is 0 Å². The molecule has 1 amide bonds. The quantitative estimate of drug-likeness (QED) is 0.255. The van der Waals surface area contributed by atoms with Gasteiger partial charge in [0, 0.05) is 12.1 Å². The first-order valence-corrected chi connectivity index (χ1v) is 11.7. The Labute approximate surface area is 209 Å². The molecular formula is C29H28FNO5. The molecule has 3 aromatic rings. The average molecular weight is 490 g/mol. The van der Waals surface area contributed by atoms with Crippen LogP contribution < -0.4 is 9.47 Å². The van der Waals surface area contributed by atoms with Gasteiger partial charge in [-0.15, -0.1) is 0 Å². The van der Waals surface area contributed by atoms with E-state index in [1.807, 2.05) is 37.3 Å². The first-order chi connectivity index (χ1) is 17.3. The van der Waals surface area contributed by atoms with Gasteiger partial charge in [0.15, 0.2) is 11.5 Å². The third kappa shape index (κ3) is 4.82. The Morgan fingerprint density at radius 3 is 2.44 bits per heavy atom. The number of Topliss-reactive ketones (excluding diaryl/α,β-unsaturated/α-hetero) is 1. The van der Waals surface area contributed by atoms with Gasteiger partial charge in [0.25, 0.3) is 11.7 Å². The SMILES string of the molecule is CCCN1C(=O)C(=O)/C(=C(\O)c2ccc(F)c(C)c2)C1c1ccc(OC)c(OCc2ccccc2)c1. The number of amides is 1. The van der Waals surface area contributed by atoms with Crippen LogP contribution in [0.5, 0.6) is 11.5 Å². The summed E-state index contributed by atoms with van der Waals surface area (Å²) in [5, 5.41) is 11.2. The number of aliphatic hydroxyl groups excluding tert-OH is 1. The molecule has 1 saturated heterocycles. The Morgan fingerprint density at radius 1 is 1.03 bits per heavy atom. The molecule has 0 bridgehead atoms. The van der Waals surface area contributed by atoms with Gasteiger partial charge in [-0.3, -0.25) is 9.59 Å². The number of hydrogen-bond donors (Lipinski definition) is 1. The van der Waals surface area contributed by atoms with Crippen LogP contribution in [0.25, 0.3) is 5.76 Å². The molecule has 1 aliphatic rings. The molecule has 0 saturated carbocycles. The van der Waals surface area contributed by atoms with E-state index < -0.39 is 23.5 Å². The normalized spacial score (nSPS) is 16.9. The summed E-state index contributed by atoms with van der Waals surface area (Å²) >= 11 is 0. The summed E-state index contributed by atoms with van der Waals surface area (Å²) in [5.41, 5.74) is 2.10. The standard InChI is InChI=1S/C29H28FNO5/c1-4-14-31-26(25(28(33)29(31)34)27(32)21-10-12-22(30)18(2)15-21)20-11-13-23(35-3)24(16-20)36-17-19-8-6-5-7-9-19/h5-13,15-16,26,32H,4,14,17H2,1-3H3/b27-25-. The molecule has 36 heavy (non-hydrogen) atoms. The van der Waals surface area contributed by atoms with Gasteiger partial charge in [-0.05, 0) is 60.4 Å². The van der Waals surface area contributed by atoms with Crippen molar-refractivity contribution < 1.29 is 28.6 Å². The minimum absolute atomic E-state index is 0.0429. The summed E-state index contributed by atoms with van der Waals surface area (Å²) in [4.78, 5) is 27.6. The number of aliphatic hydroxyl groups is 1. The van der Waals surface area contributed by atoms with Crippen molar-refractivity contribution in [3.8, 4) is 11.5 Å². The zero-order valence-electron chi connectivity index (χ0n) is 20.5. The van der Waals surface area contributed by atoms with Gasteiger partial charge in [0.1, 0.15) is 18.2 Å². The van der Waals surface area contributed by atoms with E-state index in [4.69, 9.17) is 9.47 Å². The second kappa shape index (κ2) is 10.6. The smallest absolute Gasteiger partial charge is 0.295 e. The third-order valence-corrected chi connectivity index (χ3v) is 6.18. The Hall–Kier alpha value is -4.13. The number of rotatable bonds is 8. The number of nitrogens with zero attached hydrogens (tertiary/aromatic N) is 1. The molecule has 1 atom stereocenters. The number of methoxy groups -OCH3 is 1. The predicted molar refractivity (Wildman–Crippen MR) is 134 cm³/mol. The van der Waals surface area contributed by atoms with E-state index in [9.17, 15) is 19.1 Å². The van der Waals surface area contributed by atoms with Crippen molar-refractivity contribution in [3.05, 3.63) is 100 Å². The number of carbonyl (C=O) groups excluding carboxylic acids is 2. The first kappa shape index (κ1) is 25.0. The molecule has 6 nitrogen and oxygen atoms in total. The fraction of sp³-hybridized carbons (Fsp3) is 0.241. The van der Waals surface area contributed by atoms with Gasteiger partial charge in [0.2, 0.25) is 0 Å². The summed E-state index contributed by atoms with van der Waals surface area (Å²) in [5.74, 6) is -1.30. The summed E-state index contributed by atoms with van der Waals surface area (Å²) in [7, 11) is 1.53. The fourth-order valence-electron chi connectivity index (χ4n) is 4.36. The van der Waals surface area contributed by atoms with Gasteiger partial charge in [0.05, 0.1) is 18.7 Å². The van der Waals surface area contributed by atoms with Crippen molar-refractivity contribution in [1.82, 2.24) is 4.90 Å². The van der Waals surface area contributed by atoms with Crippen LogP contribution in [0.3, 0.4) is 0 Å². The van der Waals surface area contributed by atoms with Crippen molar-refractivity contribution in [2.24, 2.45) is 0 Å². The van der Waals surface area contributed by atoms with Crippen molar-refractivity contribution in [2.75, 3.05) is 13.7 Å². The zero-order chi connectivity index (χ0) is 25.8. The van der Waals surface area contributed by atoms with E-state index in [-0.39, 0.29) is 16.9 Å². The van der Waals surface area contributed by atoms with E-state index >= 15 is 0 Å². The highest BCUT2D eigenvalue weighted by molar-refractivity contribution is 6.46. The van der Waals surface area contributed by atoms with E-state index in [1.165, 1.54) is 30.2 Å². The van der Waals surface area contributed by atoms with Gasteiger partial charge in [-0.25, -0.2) is 4.39 Å². The largest absolute Gasteiger partial charge is 0.507 e. The summed E-state index contributed by atoms with van der Waals surface area (Å²) in [6, 6.07) is 18.1. The minimum atomic E-state index is -0.833. The van der Waals surface area contributed by atoms with E-state index in [0.717, 1.165) is 5.56 Å². The van der Waals surface area contributed by atoms with Crippen LogP contribution in [0, 0.1) is 12.7 Å². The van der Waals surface area contributed by atoms with Gasteiger partial charge in [-0.2, -0.15) is 0 Å². The highest BCUT2D eigenvalue weighted by atomic mass is 19.1. The molecule has 4 rings (SSSR count). The molecule has 0 spiro atoms. The molecule has 1 aliphatic heterocycles. The van der Waals surface area contributed by atoms with Gasteiger partial charge >= 0.3 is 0 Å². The summed E-state index contributed by atoms with van der Waals surface area (Å²) < 4.78 is 25.3. The van der Waals surface area contributed by atoms with Crippen molar-refractivity contribution in [2.45, 2.75) is 32.9 Å². The number of aryl methyl sites for hydroxylation is 1. The van der Waals surface area contributed by atoms with E-state index in [1.54, 1.807) is 25.1 Å². The molecule has 0 radical (unpaired) electrons. The van der Waals surface area contributed by atoms with Crippen LogP contribution >= 0.6 is 0 Å². The fourth-order valence-corrected chi connectivity index (χ4v) is 4.36. The number of ketones is 1. The molecule has 0 aliphatic carbocycles. The maximum Gasteiger partial charge on any atom is 0.295 e. The molecule has 1 unspecified atom stereocenters. The number of carbonyl (C=O) groups is 2. The predicted octanol–water partition coefficient (Wildman–Crippen LogP) is 5.55. The molecular weight excluding hydrogens is 461 g/mol. The van der Waals surface area contributed by atoms with Crippen LogP contribution in [-0.4, -0.2) is 35.4 Å². The molecule has 1 heterocycles. The lowest BCUT2D eigenvalue weighted by atomic mass is 9.94. The summed E-state index contributed by atoms with van der Waals surface area (Å²) in [6.07, 6.45) is 0.618. The average Bonchev–Trinajstić information content (AvgIpc) is 3.14. The maximum atomic E-state index is 13.8. The van der Waals surface area contributed by atoms with Crippen LogP contribution in [0.2, 0.25) is 0 Å². The molecule has 1 N–H and O–H groups in total. The number of likely N-dealkylation sites (tertiary alicyclic amines) is 1. The summed E-state index contributed by atoms with van der Waals surface area (Å²) in [6.45, 7) is 4.09. The van der Waals surface area contributed by atoms with Crippen LogP contribution in [0.15, 0.2) is 72.3 Å². The lowest BCUT2D eigenvalue weighted by molar-refractivity contribution is -0.139. The number of hydrogen-bond acceptors (Lipinski definition) is 5. The first-order valence-electron chi connectivity index (χ1n) is 11.7. The Balaban J connectivity index is 1.80. The number of ether oxygens (including phenoxy) is 2. The van der Waals surface area contributed by atoms with Gasteiger partial charge in [-0.1, -0.05) is 43.3 Å². The van der Waals surface area contributed by atoms with Crippen molar-refractivity contribution >= 4 is 17.4 Å². The van der Waals surface area contributed by atoms with Crippen LogP contribution in [0.4, 0.5) is 4.39 Å². The van der Waals surface area contributed by atoms with E-state index in [2.05, 4.69) is 0 Å². The topological polar surface area (TPSA) is 76.1 Å². The number of halogens is 1. The Kier molecular flexibility index (Phi) is 7.38. The van der Waals surface area contributed by atoms with E-state index in [0.29, 0.717) is 42.2 Å². The Morgan fingerprint density at radius 2 is 1.78 bits per heavy atom. The molecule has 186 valence electrons. The van der Waals surface area contributed by atoms with Crippen LogP contribution in [-0.2, 0) is 16.2 Å². The highest BCUT2D eigenvalue weighted by Crippen LogP contribution is 2.42. The maximum absolute atomic E-state index is 13.8. The molecule has 7 heteroatoms. The molecule has 3 aromatic carbocycles. The van der Waals surface area contributed by atoms with Crippen molar-refractivity contribution in [1.29, 1.82) is 0 Å². The minimum Gasteiger partial charge on any atom is -0.507 e. The molecule has 0 aromatic heterocycles. The third-order valence-electron chi connectivity index (χ3n) is 6.18. The highest BCUT2D eigenvalue weighted by Gasteiger charge is 2.46. The lowest BCUT2D eigenvalue weighted by Crippen LogP contribution is -2.30. The van der Waals surface area contributed by atoms with Crippen LogP contribution in [0.1, 0.15) is 41.6 Å². The zero-order valence-corrected chi connectivity index (χ0v) is 20.5. The Bertz CT molecular complexity index is 1320.